The highest BCUT2D eigenvalue weighted by molar-refractivity contribution is 6.29. The molecule has 7 heteroatoms. The third-order valence-electron chi connectivity index (χ3n) is 5.70. The summed E-state index contributed by atoms with van der Waals surface area (Å²) in [7, 11) is 0. The van der Waals surface area contributed by atoms with E-state index in [1.807, 2.05) is 49.4 Å². The summed E-state index contributed by atoms with van der Waals surface area (Å²) >= 11 is 6.04. The number of hydrogen-bond donors (Lipinski definition) is 0. The first-order valence-corrected chi connectivity index (χ1v) is 11.7. The molecule has 0 atom stereocenters. The zero-order valence-electron chi connectivity index (χ0n) is 19.1. The van der Waals surface area contributed by atoms with Gasteiger partial charge >= 0.3 is 5.97 Å². The van der Waals surface area contributed by atoms with Gasteiger partial charge in [-0.2, -0.15) is 0 Å². The van der Waals surface area contributed by atoms with Crippen LogP contribution in [-0.2, 0) is 6.61 Å². The number of hydrogen-bond acceptors (Lipinski definition) is 6. The Hall–Kier alpha value is -3.90. The van der Waals surface area contributed by atoms with Crippen LogP contribution in [0.4, 0.5) is 0 Å². The van der Waals surface area contributed by atoms with Gasteiger partial charge in [0.2, 0.25) is 0 Å². The van der Waals surface area contributed by atoms with E-state index >= 15 is 0 Å². The minimum absolute atomic E-state index is 0.0850. The zero-order valence-corrected chi connectivity index (χ0v) is 19.9. The minimum atomic E-state index is -0.569. The molecule has 0 saturated heterocycles. The van der Waals surface area contributed by atoms with E-state index in [2.05, 4.69) is 16.3 Å². The lowest BCUT2D eigenvalue weighted by molar-refractivity contribution is 0.0729. The number of esters is 1. The predicted octanol–water partition coefficient (Wildman–Crippen LogP) is 6.91. The van der Waals surface area contributed by atoms with Crippen LogP contribution in [0.1, 0.15) is 45.8 Å². The Kier molecular flexibility index (Phi) is 6.64. The summed E-state index contributed by atoms with van der Waals surface area (Å²) in [6, 6.07) is 24.1. The number of rotatable bonds is 8. The number of benzene rings is 3. The highest BCUT2D eigenvalue weighted by atomic mass is 35.5. The van der Waals surface area contributed by atoms with Crippen molar-refractivity contribution in [3.05, 3.63) is 106 Å². The maximum Gasteiger partial charge on any atom is 0.343 e. The Labute approximate surface area is 208 Å². The summed E-state index contributed by atoms with van der Waals surface area (Å²) in [5, 5.41) is 8.02. The van der Waals surface area contributed by atoms with Crippen LogP contribution in [0, 0.1) is 6.92 Å². The van der Waals surface area contributed by atoms with Gasteiger partial charge in [0, 0.05) is 6.07 Å². The lowest BCUT2D eigenvalue weighted by Crippen LogP contribution is -2.10. The first kappa shape index (κ1) is 22.9. The van der Waals surface area contributed by atoms with E-state index in [1.165, 1.54) is 6.07 Å². The molecule has 6 nitrogen and oxygen atoms in total. The summed E-state index contributed by atoms with van der Waals surface area (Å²) in [5.74, 6) is 1.45. The Morgan fingerprint density at radius 3 is 2.49 bits per heavy atom. The third-order valence-corrected chi connectivity index (χ3v) is 5.88. The fourth-order valence-corrected chi connectivity index (χ4v) is 3.84. The monoisotopic (exact) mass is 486 g/mol. The number of carbonyl (C=O) groups excluding carboxylic acids is 1. The van der Waals surface area contributed by atoms with Crippen molar-refractivity contribution in [2.24, 2.45) is 0 Å². The molecule has 5 rings (SSSR count). The first-order valence-electron chi connectivity index (χ1n) is 11.4. The lowest BCUT2D eigenvalue weighted by atomic mass is 10.1. The number of aromatic nitrogens is 2. The molecule has 35 heavy (non-hydrogen) atoms. The molecule has 0 amide bonds. The summed E-state index contributed by atoms with van der Waals surface area (Å²) in [6.07, 6.45) is 2.25. The maximum absolute atomic E-state index is 12.9. The van der Waals surface area contributed by atoms with E-state index in [0.717, 1.165) is 29.5 Å². The third kappa shape index (κ3) is 5.61. The van der Waals surface area contributed by atoms with Gasteiger partial charge in [-0.05, 0) is 66.6 Å². The molecule has 1 aliphatic rings. The van der Waals surface area contributed by atoms with Crippen LogP contribution >= 0.6 is 11.6 Å². The van der Waals surface area contributed by atoms with E-state index in [4.69, 9.17) is 25.8 Å². The fraction of sp³-hybridized carbons (Fsp3) is 0.179. The van der Waals surface area contributed by atoms with Gasteiger partial charge in [-0.1, -0.05) is 60.1 Å². The molecule has 0 N–H and O–H groups in total. The fourth-order valence-electron chi connectivity index (χ4n) is 3.70. The van der Waals surface area contributed by atoms with Crippen molar-refractivity contribution in [2.75, 3.05) is 0 Å². The van der Waals surface area contributed by atoms with Gasteiger partial charge in [0.1, 0.15) is 18.1 Å². The number of carbonyl (C=O) groups is 1. The quantitative estimate of drug-likeness (QED) is 0.252. The van der Waals surface area contributed by atoms with Gasteiger partial charge in [-0.15, -0.1) is 10.2 Å². The van der Waals surface area contributed by atoms with Crippen molar-refractivity contribution in [1.29, 1.82) is 0 Å². The number of aryl methyl sites for hydroxylation is 1. The van der Waals surface area contributed by atoms with Gasteiger partial charge in [0.05, 0.1) is 5.56 Å². The number of nitrogens with zero attached hydrogens (tertiary/aromatic N) is 2. The average Bonchev–Trinajstić information content (AvgIpc) is 3.72. The Morgan fingerprint density at radius 1 is 0.971 bits per heavy atom. The van der Waals surface area contributed by atoms with E-state index < -0.39 is 5.97 Å². The van der Waals surface area contributed by atoms with Crippen LogP contribution in [0.3, 0.4) is 0 Å². The van der Waals surface area contributed by atoms with Gasteiger partial charge in [0.15, 0.2) is 10.9 Å². The van der Waals surface area contributed by atoms with E-state index in [9.17, 15) is 4.79 Å². The normalized spacial score (nSPS) is 12.7. The van der Waals surface area contributed by atoms with Gasteiger partial charge in [0.25, 0.3) is 5.88 Å². The van der Waals surface area contributed by atoms with Crippen molar-refractivity contribution < 1.29 is 19.0 Å². The van der Waals surface area contributed by atoms with Gasteiger partial charge in [-0.25, -0.2) is 4.79 Å². The topological polar surface area (TPSA) is 70.5 Å². The SMILES string of the molecule is Cc1cccc(C2CC2)c1Oc1nnc(Cl)cc1OC(=O)c1ccc(OCc2ccccc2)cc1. The van der Waals surface area contributed by atoms with Crippen LogP contribution in [0.15, 0.2) is 78.9 Å². The maximum atomic E-state index is 12.9. The van der Waals surface area contributed by atoms with Crippen LogP contribution < -0.4 is 14.2 Å². The molecule has 1 saturated carbocycles. The molecule has 0 spiro atoms. The minimum Gasteiger partial charge on any atom is -0.489 e. The highest BCUT2D eigenvalue weighted by Gasteiger charge is 2.28. The molecule has 4 aromatic rings. The van der Waals surface area contributed by atoms with Crippen molar-refractivity contribution in [3.63, 3.8) is 0 Å². The Balaban J connectivity index is 1.30. The van der Waals surface area contributed by atoms with Crippen molar-refractivity contribution in [2.45, 2.75) is 32.3 Å². The smallest absolute Gasteiger partial charge is 0.343 e. The molecule has 0 bridgehead atoms. The predicted molar refractivity (Wildman–Crippen MR) is 132 cm³/mol. The lowest BCUT2D eigenvalue weighted by Gasteiger charge is -2.15. The molecule has 1 aromatic heterocycles. The number of ether oxygens (including phenoxy) is 3. The van der Waals surface area contributed by atoms with Crippen LogP contribution in [0.5, 0.6) is 23.1 Å². The van der Waals surface area contributed by atoms with E-state index in [-0.39, 0.29) is 16.8 Å². The second-order valence-corrected chi connectivity index (χ2v) is 8.78. The van der Waals surface area contributed by atoms with E-state index in [1.54, 1.807) is 24.3 Å². The Bertz CT molecular complexity index is 1340. The Morgan fingerprint density at radius 2 is 1.74 bits per heavy atom. The largest absolute Gasteiger partial charge is 0.489 e. The standard InChI is InChI=1S/C28H23ClN2O4/c1-18-6-5-9-23(20-10-11-20)26(18)35-27-24(16-25(29)30-31-27)34-28(32)21-12-14-22(15-13-21)33-17-19-7-3-2-4-8-19/h2-9,12-16,20H,10-11,17H2,1H3. The van der Waals surface area contributed by atoms with Crippen LogP contribution in [-0.4, -0.2) is 16.2 Å². The summed E-state index contributed by atoms with van der Waals surface area (Å²) in [6.45, 7) is 2.41. The van der Waals surface area contributed by atoms with Crippen molar-refractivity contribution in [1.82, 2.24) is 10.2 Å². The van der Waals surface area contributed by atoms with Crippen molar-refractivity contribution in [3.8, 4) is 23.1 Å². The van der Waals surface area contributed by atoms with Crippen LogP contribution in [0.2, 0.25) is 5.15 Å². The average molecular weight is 487 g/mol. The summed E-state index contributed by atoms with van der Waals surface area (Å²) in [4.78, 5) is 12.9. The van der Waals surface area contributed by atoms with Crippen LogP contribution in [0.25, 0.3) is 0 Å². The first-order chi connectivity index (χ1) is 17.1. The summed E-state index contributed by atoms with van der Waals surface area (Å²) in [5.41, 5.74) is 3.49. The second-order valence-electron chi connectivity index (χ2n) is 8.39. The molecule has 0 unspecified atom stereocenters. The highest BCUT2D eigenvalue weighted by Crippen LogP contribution is 2.46. The second kappa shape index (κ2) is 10.2. The molecular formula is C28H23ClN2O4. The molecule has 0 radical (unpaired) electrons. The molecule has 3 aromatic carbocycles. The summed E-state index contributed by atoms with van der Waals surface area (Å²) < 4.78 is 17.5. The zero-order chi connectivity index (χ0) is 24.2. The van der Waals surface area contributed by atoms with Gasteiger partial charge < -0.3 is 14.2 Å². The number of para-hydroxylation sites is 1. The molecule has 0 aliphatic heterocycles. The molecule has 176 valence electrons. The van der Waals surface area contributed by atoms with Crippen molar-refractivity contribution >= 4 is 17.6 Å². The van der Waals surface area contributed by atoms with E-state index in [0.29, 0.717) is 29.6 Å². The number of halogens is 1. The van der Waals surface area contributed by atoms with Gasteiger partial charge in [-0.3, -0.25) is 0 Å². The molecule has 1 fully saturated rings. The molecular weight excluding hydrogens is 464 g/mol. The molecule has 1 heterocycles. The molecule has 1 aliphatic carbocycles.